The molecule has 0 saturated carbocycles. The fourth-order valence-electron chi connectivity index (χ4n) is 2.02. The molecule has 1 unspecified atom stereocenters. The maximum atomic E-state index is 11.2. The van der Waals surface area contributed by atoms with Gasteiger partial charge in [-0.2, -0.15) is 10.2 Å². The molecule has 0 saturated heterocycles. The highest BCUT2D eigenvalue weighted by Gasteiger charge is 2.11. The number of aryl methyl sites for hydroxylation is 1. The van der Waals surface area contributed by atoms with Crippen molar-refractivity contribution in [2.24, 2.45) is 12.8 Å². The van der Waals surface area contributed by atoms with Crippen molar-refractivity contribution >= 4 is 11.7 Å². The van der Waals surface area contributed by atoms with Gasteiger partial charge >= 0.3 is 0 Å². The number of primary amides is 1. The van der Waals surface area contributed by atoms with E-state index in [2.05, 4.69) is 29.4 Å². The number of carbonyl (C=O) groups excluding carboxylic acids is 1. The highest BCUT2D eigenvalue weighted by atomic mass is 16.1. The van der Waals surface area contributed by atoms with Gasteiger partial charge in [-0.05, 0) is 19.4 Å². The highest BCUT2D eigenvalue weighted by Crippen LogP contribution is 2.14. The van der Waals surface area contributed by atoms with Crippen molar-refractivity contribution in [3.63, 3.8) is 0 Å². The van der Waals surface area contributed by atoms with Gasteiger partial charge in [-0.25, -0.2) is 0 Å². The van der Waals surface area contributed by atoms with Crippen LogP contribution < -0.4 is 11.1 Å². The maximum Gasteiger partial charge on any atom is 0.267 e. The quantitative estimate of drug-likeness (QED) is 0.832. The van der Waals surface area contributed by atoms with E-state index in [4.69, 9.17) is 5.73 Å². The number of aromatic nitrogens is 4. The molecule has 1 amide bonds. The lowest BCUT2D eigenvalue weighted by atomic mass is 10.2. The van der Waals surface area contributed by atoms with E-state index in [0.29, 0.717) is 24.1 Å². The average Bonchev–Trinajstić information content (AvgIpc) is 3.01. The Morgan fingerprint density at radius 3 is 2.90 bits per heavy atom. The van der Waals surface area contributed by atoms with Crippen LogP contribution in [0.2, 0.25) is 0 Å². The van der Waals surface area contributed by atoms with E-state index in [-0.39, 0.29) is 0 Å². The molecule has 1 atom stereocenters. The summed E-state index contributed by atoms with van der Waals surface area (Å²) in [7, 11) is 1.69. The summed E-state index contributed by atoms with van der Waals surface area (Å²) in [5, 5.41) is 11.7. The molecule has 0 bridgehead atoms. The first-order chi connectivity index (χ1) is 9.52. The van der Waals surface area contributed by atoms with Gasteiger partial charge in [0, 0.05) is 25.4 Å². The smallest absolute Gasteiger partial charge is 0.267 e. The van der Waals surface area contributed by atoms with Crippen LogP contribution in [0.4, 0.5) is 5.82 Å². The van der Waals surface area contributed by atoms with Crippen molar-refractivity contribution < 1.29 is 4.79 Å². The van der Waals surface area contributed by atoms with E-state index in [0.717, 1.165) is 12.1 Å². The van der Waals surface area contributed by atoms with Gasteiger partial charge < -0.3 is 11.1 Å². The third-order valence-corrected chi connectivity index (χ3v) is 3.34. The van der Waals surface area contributed by atoms with Crippen molar-refractivity contribution in [2.75, 3.05) is 5.32 Å². The third kappa shape index (κ3) is 2.81. The summed E-state index contributed by atoms with van der Waals surface area (Å²) in [5.41, 5.74) is 6.71. The number of amides is 1. The van der Waals surface area contributed by atoms with Crippen molar-refractivity contribution in [3.8, 4) is 0 Å². The normalized spacial score (nSPS) is 12.3. The van der Waals surface area contributed by atoms with Crippen LogP contribution in [0, 0.1) is 0 Å². The zero-order valence-corrected chi connectivity index (χ0v) is 12.0. The fraction of sp³-hybridized carbons (Fsp3) is 0.462. The number of anilines is 1. The predicted molar refractivity (Wildman–Crippen MR) is 76.3 cm³/mol. The van der Waals surface area contributed by atoms with Crippen molar-refractivity contribution in [2.45, 2.75) is 32.9 Å². The molecule has 0 radical (unpaired) electrons. The Morgan fingerprint density at radius 1 is 1.55 bits per heavy atom. The molecule has 0 aliphatic heterocycles. The van der Waals surface area contributed by atoms with Crippen molar-refractivity contribution in [1.29, 1.82) is 0 Å². The first-order valence-electron chi connectivity index (χ1n) is 6.63. The second-order valence-corrected chi connectivity index (χ2v) is 4.78. The molecule has 0 spiro atoms. The minimum absolute atomic E-state index is 0.353. The van der Waals surface area contributed by atoms with E-state index in [1.54, 1.807) is 19.3 Å². The molecular weight excluding hydrogens is 256 g/mol. The second-order valence-electron chi connectivity index (χ2n) is 4.78. The summed E-state index contributed by atoms with van der Waals surface area (Å²) in [5.74, 6) is 0.135. The van der Waals surface area contributed by atoms with Gasteiger partial charge in [0.2, 0.25) is 0 Å². The number of hydrogen-bond acceptors (Lipinski definition) is 4. The molecule has 7 nitrogen and oxygen atoms in total. The minimum atomic E-state index is -0.488. The lowest BCUT2D eigenvalue weighted by Crippen LogP contribution is -2.15. The molecule has 108 valence electrons. The highest BCUT2D eigenvalue weighted by molar-refractivity contribution is 5.91. The molecule has 0 aliphatic rings. The van der Waals surface area contributed by atoms with Gasteiger partial charge in [0.05, 0.1) is 12.2 Å². The van der Waals surface area contributed by atoms with E-state index in [1.165, 1.54) is 4.68 Å². The Bertz CT molecular complexity index is 600. The van der Waals surface area contributed by atoms with Gasteiger partial charge in [-0.3, -0.25) is 14.2 Å². The van der Waals surface area contributed by atoms with Crippen molar-refractivity contribution in [3.05, 3.63) is 29.7 Å². The maximum absolute atomic E-state index is 11.2. The molecule has 2 heterocycles. The third-order valence-electron chi connectivity index (χ3n) is 3.34. The number of nitrogens with two attached hydrogens (primary N) is 1. The number of rotatable bonds is 6. The monoisotopic (exact) mass is 276 g/mol. The van der Waals surface area contributed by atoms with E-state index >= 15 is 0 Å². The van der Waals surface area contributed by atoms with E-state index in [1.807, 2.05) is 10.7 Å². The predicted octanol–water partition coefficient (Wildman–Crippen LogP) is 1.30. The van der Waals surface area contributed by atoms with Gasteiger partial charge in [0.15, 0.2) is 0 Å². The van der Waals surface area contributed by atoms with Crippen LogP contribution in [0.1, 0.15) is 42.5 Å². The van der Waals surface area contributed by atoms with Crippen LogP contribution in [0.15, 0.2) is 18.3 Å². The second kappa shape index (κ2) is 5.77. The Labute approximate surface area is 117 Å². The van der Waals surface area contributed by atoms with Gasteiger partial charge in [0.25, 0.3) is 5.91 Å². The minimum Gasteiger partial charge on any atom is -0.364 e. The molecule has 0 aromatic carbocycles. The largest absolute Gasteiger partial charge is 0.364 e. The summed E-state index contributed by atoms with van der Waals surface area (Å²) in [6, 6.07) is 3.97. The number of nitrogens with one attached hydrogen (secondary N) is 1. The first-order valence-corrected chi connectivity index (χ1v) is 6.63. The van der Waals surface area contributed by atoms with Crippen LogP contribution in [0.5, 0.6) is 0 Å². The molecule has 0 aliphatic carbocycles. The first kappa shape index (κ1) is 14.1. The summed E-state index contributed by atoms with van der Waals surface area (Å²) < 4.78 is 3.46. The Morgan fingerprint density at radius 2 is 2.30 bits per heavy atom. The topological polar surface area (TPSA) is 90.8 Å². The standard InChI is InChI=1S/C13H20N6O/c1-4-9(2)19-10(5-6-16-19)8-15-12-7-11(13(14)20)18(3)17-12/h5-7,9H,4,8H2,1-3H3,(H2,14,20)(H,15,17). The SMILES string of the molecule is CCC(C)n1nccc1CNc1cc(C(N)=O)n(C)n1. The molecule has 0 fully saturated rings. The number of nitrogens with zero attached hydrogens (tertiary/aromatic N) is 4. The summed E-state index contributed by atoms with van der Waals surface area (Å²) in [6.07, 6.45) is 2.81. The van der Waals surface area contributed by atoms with E-state index in [9.17, 15) is 4.79 Å². The molecule has 2 rings (SSSR count). The van der Waals surface area contributed by atoms with Crippen LogP contribution in [-0.2, 0) is 13.6 Å². The Kier molecular flexibility index (Phi) is 4.07. The molecule has 2 aromatic heterocycles. The van der Waals surface area contributed by atoms with Crippen LogP contribution in [0.25, 0.3) is 0 Å². The van der Waals surface area contributed by atoms with Gasteiger partial charge in [-0.15, -0.1) is 0 Å². The molecule has 2 aromatic rings. The molecule has 20 heavy (non-hydrogen) atoms. The average molecular weight is 276 g/mol. The van der Waals surface area contributed by atoms with Crippen LogP contribution in [0.3, 0.4) is 0 Å². The summed E-state index contributed by atoms with van der Waals surface area (Å²) >= 11 is 0. The van der Waals surface area contributed by atoms with Gasteiger partial charge in [0.1, 0.15) is 11.5 Å². The van der Waals surface area contributed by atoms with Crippen LogP contribution >= 0.6 is 0 Å². The zero-order chi connectivity index (χ0) is 14.7. The summed E-state index contributed by atoms with van der Waals surface area (Å²) in [4.78, 5) is 11.2. The number of carbonyl (C=O) groups is 1. The fourth-order valence-corrected chi connectivity index (χ4v) is 2.02. The molecule has 3 N–H and O–H groups in total. The van der Waals surface area contributed by atoms with Gasteiger partial charge in [-0.1, -0.05) is 6.92 Å². The lowest BCUT2D eigenvalue weighted by Gasteiger charge is -2.13. The lowest BCUT2D eigenvalue weighted by molar-refractivity contribution is 0.0991. The Hall–Kier alpha value is -2.31. The Balaban J connectivity index is 2.08. The molecule has 7 heteroatoms. The number of hydrogen-bond donors (Lipinski definition) is 2. The zero-order valence-electron chi connectivity index (χ0n) is 12.0. The summed E-state index contributed by atoms with van der Waals surface area (Å²) in [6.45, 7) is 4.85. The van der Waals surface area contributed by atoms with Crippen LogP contribution in [-0.4, -0.2) is 25.5 Å². The molecular formula is C13H20N6O. The van der Waals surface area contributed by atoms with Crippen molar-refractivity contribution in [1.82, 2.24) is 19.6 Å². The van der Waals surface area contributed by atoms with E-state index < -0.39 is 5.91 Å².